The zero-order valence-electron chi connectivity index (χ0n) is 16.0. The molecule has 0 spiro atoms. The van der Waals surface area contributed by atoms with Crippen LogP contribution in [0.4, 0.5) is 0 Å². The number of aliphatic carboxylic acids is 1. The van der Waals surface area contributed by atoms with Crippen LogP contribution in [0.5, 0.6) is 5.75 Å². The Morgan fingerprint density at radius 3 is 2.41 bits per heavy atom. The Hall–Kier alpha value is -2.13. The quantitative estimate of drug-likeness (QED) is 0.749. The van der Waals surface area contributed by atoms with E-state index >= 15 is 0 Å². The summed E-state index contributed by atoms with van der Waals surface area (Å²) in [6.07, 6.45) is 0.363. The molecule has 1 aromatic rings. The summed E-state index contributed by atoms with van der Waals surface area (Å²) in [5, 5.41) is 9.27. The second kappa shape index (κ2) is 8.26. The molecule has 1 saturated heterocycles. The van der Waals surface area contributed by atoms with Crippen molar-refractivity contribution in [1.29, 1.82) is 0 Å². The van der Waals surface area contributed by atoms with E-state index in [0.717, 1.165) is 0 Å². The lowest BCUT2D eigenvalue weighted by atomic mass is 10.0. The maximum absolute atomic E-state index is 13.0. The minimum absolute atomic E-state index is 0.0111. The van der Waals surface area contributed by atoms with Gasteiger partial charge in [-0.05, 0) is 31.5 Å². The van der Waals surface area contributed by atoms with Crippen molar-refractivity contribution in [3.8, 4) is 5.75 Å². The van der Waals surface area contributed by atoms with Gasteiger partial charge in [-0.1, -0.05) is 13.8 Å². The summed E-state index contributed by atoms with van der Waals surface area (Å²) in [6, 6.07) is 3.70. The lowest BCUT2D eigenvalue weighted by Gasteiger charge is -2.25. The molecule has 2 unspecified atom stereocenters. The number of carbonyl (C=O) groups is 2. The van der Waals surface area contributed by atoms with Crippen molar-refractivity contribution in [2.45, 2.75) is 38.1 Å². The van der Waals surface area contributed by atoms with Gasteiger partial charge in [0.2, 0.25) is 10.0 Å². The van der Waals surface area contributed by atoms with Crippen LogP contribution < -0.4 is 4.74 Å². The van der Waals surface area contributed by atoms with E-state index in [1.807, 2.05) is 0 Å². The van der Waals surface area contributed by atoms with E-state index in [0.29, 0.717) is 26.1 Å². The molecule has 1 aliphatic rings. The first-order valence-corrected chi connectivity index (χ1v) is 10.3. The van der Waals surface area contributed by atoms with Gasteiger partial charge in [0, 0.05) is 25.7 Å². The average Bonchev–Trinajstić information content (AvgIpc) is 3.03. The van der Waals surface area contributed by atoms with Crippen LogP contribution >= 0.6 is 0 Å². The Morgan fingerprint density at radius 2 is 1.93 bits per heavy atom. The van der Waals surface area contributed by atoms with Crippen LogP contribution in [0.3, 0.4) is 0 Å². The van der Waals surface area contributed by atoms with Gasteiger partial charge in [0.25, 0.3) is 5.91 Å². The molecule has 1 N–H and O–H groups in total. The van der Waals surface area contributed by atoms with E-state index in [-0.39, 0.29) is 16.2 Å². The van der Waals surface area contributed by atoms with Gasteiger partial charge in [0.05, 0.1) is 23.5 Å². The van der Waals surface area contributed by atoms with Gasteiger partial charge in [0.15, 0.2) is 0 Å². The molecule has 1 aliphatic heterocycles. The van der Waals surface area contributed by atoms with Crippen LogP contribution in [0.1, 0.15) is 37.6 Å². The summed E-state index contributed by atoms with van der Waals surface area (Å²) in [5.41, 5.74) is 0.114. The monoisotopic (exact) mass is 398 g/mol. The minimum atomic E-state index is -3.73. The first-order chi connectivity index (χ1) is 12.7. The summed E-state index contributed by atoms with van der Waals surface area (Å²) in [5.74, 6) is -1.76. The van der Waals surface area contributed by atoms with E-state index in [1.54, 1.807) is 20.8 Å². The van der Waals surface area contributed by atoms with Crippen molar-refractivity contribution in [1.82, 2.24) is 9.21 Å². The van der Waals surface area contributed by atoms with Crippen LogP contribution in [0.15, 0.2) is 23.1 Å². The predicted octanol–water partition coefficient (Wildman–Crippen LogP) is 1.66. The summed E-state index contributed by atoms with van der Waals surface area (Å²) in [6.45, 7) is 6.11. The fourth-order valence-electron chi connectivity index (χ4n) is 3.44. The molecule has 0 bridgehead atoms. The maximum atomic E-state index is 13.0. The highest BCUT2D eigenvalue weighted by Crippen LogP contribution is 2.30. The molecule has 2 rings (SSSR count). The highest BCUT2D eigenvalue weighted by Gasteiger charge is 2.39. The molecule has 2 atom stereocenters. The molecular weight excluding hydrogens is 372 g/mol. The molecule has 1 aromatic carbocycles. The van der Waals surface area contributed by atoms with E-state index in [9.17, 15) is 23.1 Å². The zero-order chi connectivity index (χ0) is 20.4. The molecular formula is C18H26N2O6S. The Morgan fingerprint density at radius 1 is 1.30 bits per heavy atom. The number of hydrogen-bond donors (Lipinski definition) is 1. The molecule has 9 heteroatoms. The number of benzene rings is 1. The number of carboxylic acids is 1. The highest BCUT2D eigenvalue weighted by atomic mass is 32.2. The van der Waals surface area contributed by atoms with E-state index < -0.39 is 33.9 Å². The number of ether oxygens (including phenoxy) is 1. The third-order valence-electron chi connectivity index (χ3n) is 5.08. The SMILES string of the molecule is CCN(CC)S(=O)(=O)c1ccc(OC)c(C(=O)N2CCC(C(=O)O)C2C)c1. The third kappa shape index (κ3) is 3.93. The second-order valence-corrected chi connectivity index (χ2v) is 8.36. The lowest BCUT2D eigenvalue weighted by molar-refractivity contribution is -0.142. The topological polar surface area (TPSA) is 104 Å². The molecule has 8 nitrogen and oxygen atoms in total. The molecule has 0 aliphatic carbocycles. The Balaban J connectivity index is 2.44. The van der Waals surface area contributed by atoms with Crippen molar-refractivity contribution >= 4 is 21.9 Å². The van der Waals surface area contributed by atoms with Crippen molar-refractivity contribution in [3.63, 3.8) is 0 Å². The molecule has 1 amide bonds. The van der Waals surface area contributed by atoms with Crippen LogP contribution in [0.25, 0.3) is 0 Å². The number of carbonyl (C=O) groups excluding carboxylic acids is 1. The minimum Gasteiger partial charge on any atom is -0.496 e. The third-order valence-corrected chi connectivity index (χ3v) is 7.12. The van der Waals surface area contributed by atoms with Crippen molar-refractivity contribution < 1.29 is 27.9 Å². The Kier molecular flexibility index (Phi) is 6.48. The van der Waals surface area contributed by atoms with Crippen LogP contribution in [-0.2, 0) is 14.8 Å². The van der Waals surface area contributed by atoms with Gasteiger partial charge < -0.3 is 14.7 Å². The van der Waals surface area contributed by atoms with Crippen LogP contribution in [0.2, 0.25) is 0 Å². The molecule has 1 heterocycles. The average molecular weight is 398 g/mol. The lowest BCUT2D eigenvalue weighted by Crippen LogP contribution is -2.38. The van der Waals surface area contributed by atoms with E-state index in [4.69, 9.17) is 4.74 Å². The van der Waals surface area contributed by atoms with Gasteiger partial charge in [-0.2, -0.15) is 4.31 Å². The van der Waals surface area contributed by atoms with Crippen molar-refractivity contribution in [3.05, 3.63) is 23.8 Å². The number of sulfonamides is 1. The normalized spacial score (nSPS) is 20.1. The molecule has 150 valence electrons. The number of methoxy groups -OCH3 is 1. The molecule has 0 radical (unpaired) electrons. The highest BCUT2D eigenvalue weighted by molar-refractivity contribution is 7.89. The van der Waals surface area contributed by atoms with E-state index in [2.05, 4.69) is 0 Å². The van der Waals surface area contributed by atoms with Gasteiger partial charge in [-0.3, -0.25) is 9.59 Å². The molecule has 0 saturated carbocycles. The summed E-state index contributed by atoms with van der Waals surface area (Å²) in [4.78, 5) is 25.8. The Bertz CT molecular complexity index is 819. The van der Waals surface area contributed by atoms with Crippen LogP contribution in [-0.4, -0.2) is 67.4 Å². The van der Waals surface area contributed by atoms with Gasteiger partial charge in [-0.15, -0.1) is 0 Å². The molecule has 27 heavy (non-hydrogen) atoms. The first-order valence-electron chi connectivity index (χ1n) is 8.90. The van der Waals surface area contributed by atoms with Gasteiger partial charge >= 0.3 is 5.97 Å². The predicted molar refractivity (Wildman–Crippen MR) is 99.3 cm³/mol. The number of amides is 1. The number of hydrogen-bond acceptors (Lipinski definition) is 5. The molecule has 0 aromatic heterocycles. The smallest absolute Gasteiger partial charge is 0.308 e. The maximum Gasteiger partial charge on any atom is 0.308 e. The van der Waals surface area contributed by atoms with Crippen molar-refractivity contribution in [2.75, 3.05) is 26.7 Å². The number of carboxylic acid groups (broad SMARTS) is 1. The van der Waals surface area contributed by atoms with Gasteiger partial charge in [-0.25, -0.2) is 8.42 Å². The summed E-state index contributed by atoms with van der Waals surface area (Å²) >= 11 is 0. The summed E-state index contributed by atoms with van der Waals surface area (Å²) in [7, 11) is -2.33. The molecule has 1 fully saturated rings. The largest absolute Gasteiger partial charge is 0.496 e. The number of likely N-dealkylation sites (tertiary alicyclic amines) is 1. The Labute approximate surface area is 159 Å². The van der Waals surface area contributed by atoms with Crippen molar-refractivity contribution in [2.24, 2.45) is 5.92 Å². The number of nitrogens with zero attached hydrogens (tertiary/aromatic N) is 2. The zero-order valence-corrected chi connectivity index (χ0v) is 16.8. The first kappa shape index (κ1) is 21.2. The van der Waals surface area contributed by atoms with Crippen LogP contribution in [0, 0.1) is 5.92 Å². The summed E-state index contributed by atoms with van der Waals surface area (Å²) < 4.78 is 32.1. The second-order valence-electron chi connectivity index (χ2n) is 6.42. The fraction of sp³-hybridized carbons (Fsp3) is 0.556. The fourth-order valence-corrected chi connectivity index (χ4v) is 4.92. The van der Waals surface area contributed by atoms with Gasteiger partial charge in [0.1, 0.15) is 5.75 Å². The number of rotatable bonds is 7. The van der Waals surface area contributed by atoms with E-state index in [1.165, 1.54) is 34.5 Å². The standard InChI is InChI=1S/C18H26N2O6S/c1-5-19(6-2)27(24,25)13-7-8-16(26-4)15(11-13)17(21)20-10-9-14(12(20)3)18(22)23/h7-8,11-12,14H,5-6,9-10H2,1-4H3,(H,22,23).